The molecular weight excluding hydrogens is 745 g/mol. The average molecular weight is 835 g/mol. The molecule has 9 heteroatoms. The summed E-state index contributed by atoms with van der Waals surface area (Å²) >= 11 is 0. The molecule has 3 N–H and O–H groups in total. The number of aromatic nitrogens is 3. The van der Waals surface area contributed by atoms with Crippen LogP contribution in [0.3, 0.4) is 0 Å². The maximum absolute atomic E-state index is 13.3. The lowest BCUT2D eigenvalue weighted by Crippen LogP contribution is -2.48. The van der Waals surface area contributed by atoms with Gasteiger partial charge in [-0.2, -0.15) is 5.10 Å². The molecule has 2 heterocycles. The molecule has 0 aliphatic carbocycles. The first-order valence-electron chi connectivity index (χ1n) is 25.3. The molecule has 0 radical (unpaired) electrons. The number of nitrogens with one attached hydrogen (secondary N) is 3. The third kappa shape index (κ3) is 29.9. The summed E-state index contributed by atoms with van der Waals surface area (Å²) in [5.41, 5.74) is 1.41. The topological polar surface area (TPSA) is 118 Å². The zero-order valence-electron chi connectivity index (χ0n) is 38.8. The van der Waals surface area contributed by atoms with Gasteiger partial charge in [-0.25, -0.2) is 0 Å². The van der Waals surface area contributed by atoms with Gasteiger partial charge in [0.25, 0.3) is 0 Å². The number of hydrogen-bond acceptors (Lipinski definition) is 5. The summed E-state index contributed by atoms with van der Waals surface area (Å²) in [6, 6.07) is 6.65. The third-order valence-electron chi connectivity index (χ3n) is 11.9. The van der Waals surface area contributed by atoms with Gasteiger partial charge in [-0.05, 0) is 37.5 Å². The van der Waals surface area contributed by atoms with E-state index in [0.717, 1.165) is 31.4 Å². The Morgan fingerprint density at radius 2 is 0.950 bits per heavy atom. The van der Waals surface area contributed by atoms with Crippen LogP contribution < -0.4 is 16.0 Å². The summed E-state index contributed by atoms with van der Waals surface area (Å²) in [5.74, 6) is -0.626. The molecule has 0 aliphatic rings. The Labute approximate surface area is 367 Å². The summed E-state index contributed by atoms with van der Waals surface area (Å²) in [6.07, 6.45) is 45.9. The predicted octanol–water partition coefficient (Wildman–Crippen LogP) is 13.0. The second kappa shape index (κ2) is 38.7. The minimum atomic E-state index is -0.786. The van der Waals surface area contributed by atoms with E-state index in [4.69, 9.17) is 0 Å². The lowest BCUT2D eigenvalue weighted by atomic mass is 10.0. The van der Waals surface area contributed by atoms with Crippen LogP contribution >= 0.6 is 0 Å². The summed E-state index contributed by atoms with van der Waals surface area (Å²) in [4.78, 5) is 43.6. The van der Waals surface area contributed by atoms with Gasteiger partial charge in [0, 0.05) is 31.9 Å². The molecule has 0 aromatic carbocycles. The van der Waals surface area contributed by atoms with Crippen molar-refractivity contribution in [2.24, 2.45) is 0 Å². The highest BCUT2D eigenvalue weighted by Crippen LogP contribution is 2.16. The zero-order valence-corrected chi connectivity index (χ0v) is 38.8. The normalized spacial score (nSPS) is 11.8. The maximum atomic E-state index is 13.3. The molecule has 2 aromatic heterocycles. The molecule has 0 bridgehead atoms. The maximum Gasteiger partial charge on any atom is 0.242 e. The van der Waals surface area contributed by atoms with Crippen LogP contribution in [-0.2, 0) is 20.9 Å². The average Bonchev–Trinajstić information content (AvgIpc) is 3.73. The Hall–Kier alpha value is -3.23. The van der Waals surface area contributed by atoms with E-state index in [1.165, 1.54) is 180 Å². The summed E-state index contributed by atoms with van der Waals surface area (Å²) in [7, 11) is 0. The van der Waals surface area contributed by atoms with Crippen molar-refractivity contribution in [1.29, 1.82) is 0 Å². The quantitative estimate of drug-likeness (QED) is 0.0576. The van der Waals surface area contributed by atoms with E-state index in [0.29, 0.717) is 18.8 Å². The number of hydrogen-bond donors (Lipinski definition) is 3. The van der Waals surface area contributed by atoms with Crippen molar-refractivity contribution >= 4 is 17.7 Å². The molecule has 0 aliphatic heterocycles. The van der Waals surface area contributed by atoms with Crippen LogP contribution in [0, 0.1) is 0 Å². The fraction of sp³-hybridized carbons (Fsp3) is 0.784. The molecule has 342 valence electrons. The van der Waals surface area contributed by atoms with Crippen LogP contribution in [0.25, 0.3) is 11.4 Å². The van der Waals surface area contributed by atoms with Crippen LogP contribution in [0.15, 0.2) is 36.7 Å². The Kier molecular flexibility index (Phi) is 34.1. The number of carbonyl (C=O) groups is 3. The van der Waals surface area contributed by atoms with Crippen LogP contribution in [0.2, 0.25) is 0 Å². The fourth-order valence-corrected chi connectivity index (χ4v) is 8.03. The monoisotopic (exact) mass is 835 g/mol. The lowest BCUT2D eigenvalue weighted by molar-refractivity contribution is -0.130. The minimum Gasteiger partial charge on any atom is -0.356 e. The highest BCUT2D eigenvalue weighted by atomic mass is 16.2. The van der Waals surface area contributed by atoms with Gasteiger partial charge >= 0.3 is 0 Å². The largest absolute Gasteiger partial charge is 0.356 e. The Morgan fingerprint density at radius 3 is 1.38 bits per heavy atom. The molecular formula is C51H90N6O3. The summed E-state index contributed by atoms with van der Waals surface area (Å²) in [6.45, 7) is 5.75. The molecule has 9 nitrogen and oxygen atoms in total. The van der Waals surface area contributed by atoms with E-state index in [9.17, 15) is 14.4 Å². The van der Waals surface area contributed by atoms with Gasteiger partial charge in [-0.1, -0.05) is 213 Å². The van der Waals surface area contributed by atoms with Gasteiger partial charge in [0.1, 0.15) is 18.3 Å². The second-order valence-corrected chi connectivity index (χ2v) is 17.5. The highest BCUT2D eigenvalue weighted by Gasteiger charge is 2.22. The first kappa shape index (κ1) is 52.9. The Morgan fingerprint density at radius 1 is 0.517 bits per heavy atom. The van der Waals surface area contributed by atoms with E-state index >= 15 is 0 Å². The smallest absolute Gasteiger partial charge is 0.242 e. The van der Waals surface area contributed by atoms with Crippen molar-refractivity contribution in [2.45, 2.75) is 245 Å². The van der Waals surface area contributed by atoms with E-state index in [2.05, 4.69) is 39.9 Å². The van der Waals surface area contributed by atoms with Crippen LogP contribution in [0.4, 0.5) is 0 Å². The van der Waals surface area contributed by atoms with Crippen molar-refractivity contribution in [2.75, 3.05) is 13.1 Å². The molecule has 2 aromatic rings. The first-order valence-corrected chi connectivity index (χ1v) is 25.3. The Balaban J connectivity index is 1.61. The van der Waals surface area contributed by atoms with E-state index < -0.39 is 6.04 Å². The molecule has 0 saturated carbocycles. The van der Waals surface area contributed by atoms with E-state index in [1.54, 1.807) is 17.1 Å². The highest BCUT2D eigenvalue weighted by molar-refractivity contribution is 5.88. The van der Waals surface area contributed by atoms with Gasteiger partial charge in [0.2, 0.25) is 17.7 Å². The lowest BCUT2D eigenvalue weighted by Gasteiger charge is -2.18. The molecule has 3 amide bonds. The van der Waals surface area contributed by atoms with Gasteiger partial charge in [-0.15, -0.1) is 0 Å². The van der Waals surface area contributed by atoms with Gasteiger partial charge < -0.3 is 16.0 Å². The molecule has 60 heavy (non-hydrogen) atoms. The zero-order chi connectivity index (χ0) is 43.0. The molecule has 0 spiro atoms. The SMILES string of the molecule is CCCCCCCCCCCCCCCCCCNC(=O)CC[C@H](NC(=O)Cn1ccc(-c2ccccn2)n1)C(=O)NCCCCCCCCCCCCCCCCCC. The van der Waals surface area contributed by atoms with Gasteiger partial charge in [0.15, 0.2) is 0 Å². The number of carbonyl (C=O) groups excluding carboxylic acids is 3. The van der Waals surface area contributed by atoms with E-state index in [1.807, 2.05) is 24.3 Å². The van der Waals surface area contributed by atoms with Crippen molar-refractivity contribution in [3.8, 4) is 11.4 Å². The molecule has 0 saturated heterocycles. The van der Waals surface area contributed by atoms with E-state index in [-0.39, 0.29) is 37.1 Å². The number of rotatable bonds is 42. The molecule has 1 atom stereocenters. The molecule has 0 fully saturated rings. The minimum absolute atomic E-state index is 0.0266. The Bertz CT molecular complexity index is 1300. The number of unbranched alkanes of at least 4 members (excludes halogenated alkanes) is 30. The summed E-state index contributed by atoms with van der Waals surface area (Å²) < 4.78 is 1.55. The molecule has 2 rings (SSSR count). The van der Waals surface area contributed by atoms with Crippen molar-refractivity contribution in [1.82, 2.24) is 30.7 Å². The fourth-order valence-electron chi connectivity index (χ4n) is 8.03. The number of amides is 3. The third-order valence-corrected chi connectivity index (χ3v) is 11.9. The molecule has 0 unspecified atom stereocenters. The van der Waals surface area contributed by atoms with Crippen LogP contribution in [-0.4, -0.2) is 51.6 Å². The van der Waals surface area contributed by atoms with Crippen molar-refractivity contribution in [3.05, 3.63) is 36.7 Å². The first-order chi connectivity index (χ1) is 29.5. The van der Waals surface area contributed by atoms with Crippen molar-refractivity contribution in [3.63, 3.8) is 0 Å². The van der Waals surface area contributed by atoms with Crippen LogP contribution in [0.1, 0.15) is 232 Å². The number of nitrogens with zero attached hydrogens (tertiary/aromatic N) is 3. The summed E-state index contributed by atoms with van der Waals surface area (Å²) in [5, 5.41) is 13.5. The van der Waals surface area contributed by atoms with Gasteiger partial charge in [-0.3, -0.25) is 24.0 Å². The number of pyridine rings is 1. The van der Waals surface area contributed by atoms with Gasteiger partial charge in [0.05, 0.1) is 5.69 Å². The van der Waals surface area contributed by atoms with Crippen molar-refractivity contribution < 1.29 is 14.4 Å². The second-order valence-electron chi connectivity index (χ2n) is 17.5. The van der Waals surface area contributed by atoms with Crippen LogP contribution in [0.5, 0.6) is 0 Å². The predicted molar refractivity (Wildman–Crippen MR) is 252 cm³/mol. The standard InChI is InChI=1S/C51H90N6O3/c1-3-5-7-9-11-13-15-17-19-21-23-25-27-29-31-34-42-53-49(58)39-38-48(55-50(59)45-57-44-40-47(56-57)46-37-33-36-41-52-46)51(60)54-43-35-32-30-28-26-24-22-20-18-16-14-12-10-8-6-4-2/h33,36-37,40-41,44,48H,3-32,34-35,38-39,42-43,45H2,1-2H3,(H,53,58)(H,54,60)(H,55,59)/t48-/m0/s1.